The van der Waals surface area contributed by atoms with E-state index >= 15 is 0 Å². The van der Waals surface area contributed by atoms with Gasteiger partial charge in [0.05, 0.1) is 12.5 Å². The lowest BCUT2D eigenvalue weighted by Gasteiger charge is -2.26. The Kier molecular flexibility index (Phi) is 4.28. The van der Waals surface area contributed by atoms with Crippen LogP contribution < -0.4 is 0 Å². The van der Waals surface area contributed by atoms with Crippen molar-refractivity contribution < 1.29 is 4.74 Å². The van der Waals surface area contributed by atoms with Crippen LogP contribution in [0, 0.1) is 5.41 Å². The maximum atomic E-state index is 5.94. The maximum Gasteiger partial charge on any atom is 0.148 e. The van der Waals surface area contributed by atoms with Gasteiger partial charge in [-0.3, -0.25) is 0 Å². The van der Waals surface area contributed by atoms with E-state index in [4.69, 9.17) is 16.3 Å². The van der Waals surface area contributed by atoms with Gasteiger partial charge in [-0.2, -0.15) is 0 Å². The largest absolute Gasteiger partial charge is 0.383 e. The molecule has 1 unspecified atom stereocenters. The highest BCUT2D eigenvalue weighted by atomic mass is 35.5. The van der Waals surface area contributed by atoms with Crippen LogP contribution in [0.4, 0.5) is 0 Å². The molecule has 1 saturated carbocycles. The Morgan fingerprint density at radius 3 is 2.78 bits per heavy atom. The predicted molar refractivity (Wildman–Crippen MR) is 71.8 cm³/mol. The van der Waals surface area contributed by atoms with Gasteiger partial charge in [0.1, 0.15) is 11.6 Å². The molecule has 1 heterocycles. The average molecular weight is 272 g/mol. The second-order valence-corrected chi connectivity index (χ2v) is 5.95. The summed E-state index contributed by atoms with van der Waals surface area (Å²) in [6, 6.07) is 0. The molecule has 0 radical (unpaired) electrons. The van der Waals surface area contributed by atoms with Crippen molar-refractivity contribution in [2.75, 3.05) is 13.7 Å². The number of halogens is 1. The van der Waals surface area contributed by atoms with Crippen molar-refractivity contribution in [2.24, 2.45) is 5.41 Å². The van der Waals surface area contributed by atoms with E-state index in [0.717, 1.165) is 18.2 Å². The Morgan fingerprint density at radius 2 is 2.22 bits per heavy atom. The van der Waals surface area contributed by atoms with E-state index in [0.29, 0.717) is 23.8 Å². The summed E-state index contributed by atoms with van der Waals surface area (Å²) in [5.41, 5.74) is 0.307. The zero-order valence-corrected chi connectivity index (χ0v) is 12.2. The fourth-order valence-electron chi connectivity index (χ4n) is 2.94. The van der Waals surface area contributed by atoms with Gasteiger partial charge < -0.3 is 9.30 Å². The molecule has 1 aliphatic rings. The molecule has 4 nitrogen and oxygen atoms in total. The standard InChI is InChI=1S/C13H22ClN3O/c1-13(2)6-4-5-10(13)12-16-15-11(9-14)17(12)7-8-18-3/h10H,4-9H2,1-3H3. The van der Waals surface area contributed by atoms with Crippen molar-refractivity contribution in [3.05, 3.63) is 11.6 Å². The Bertz CT molecular complexity index is 403. The van der Waals surface area contributed by atoms with E-state index in [-0.39, 0.29) is 0 Å². The van der Waals surface area contributed by atoms with Gasteiger partial charge >= 0.3 is 0 Å². The first-order valence-corrected chi connectivity index (χ1v) is 7.10. The van der Waals surface area contributed by atoms with Gasteiger partial charge in [0.15, 0.2) is 0 Å². The number of aromatic nitrogens is 3. The van der Waals surface area contributed by atoms with Crippen molar-refractivity contribution >= 4 is 11.6 Å². The van der Waals surface area contributed by atoms with Gasteiger partial charge in [-0.15, -0.1) is 21.8 Å². The normalized spacial score (nSPS) is 22.6. The molecule has 1 aliphatic carbocycles. The molecule has 102 valence electrons. The lowest BCUT2D eigenvalue weighted by molar-refractivity contribution is 0.183. The number of rotatable bonds is 5. The second-order valence-electron chi connectivity index (χ2n) is 5.69. The highest BCUT2D eigenvalue weighted by Crippen LogP contribution is 2.48. The highest BCUT2D eigenvalue weighted by Gasteiger charge is 2.38. The fourth-order valence-corrected chi connectivity index (χ4v) is 3.14. The monoisotopic (exact) mass is 271 g/mol. The van der Waals surface area contributed by atoms with Crippen LogP contribution in [-0.2, 0) is 17.2 Å². The van der Waals surface area contributed by atoms with E-state index in [1.54, 1.807) is 7.11 Å². The fraction of sp³-hybridized carbons (Fsp3) is 0.846. The number of hydrogen-bond donors (Lipinski definition) is 0. The smallest absolute Gasteiger partial charge is 0.148 e. The molecule has 18 heavy (non-hydrogen) atoms. The molecule has 0 N–H and O–H groups in total. The molecular formula is C13H22ClN3O. The van der Waals surface area contributed by atoms with E-state index in [1.165, 1.54) is 19.3 Å². The van der Waals surface area contributed by atoms with Crippen molar-refractivity contribution in [3.8, 4) is 0 Å². The van der Waals surface area contributed by atoms with Crippen LogP contribution in [0.3, 0.4) is 0 Å². The average Bonchev–Trinajstić information content (AvgIpc) is 2.88. The molecule has 1 atom stereocenters. The SMILES string of the molecule is COCCn1c(CCl)nnc1C1CCCC1(C)C. The van der Waals surface area contributed by atoms with Crippen LogP contribution in [0.15, 0.2) is 0 Å². The van der Waals surface area contributed by atoms with Crippen LogP contribution in [0.5, 0.6) is 0 Å². The first-order valence-electron chi connectivity index (χ1n) is 6.57. The van der Waals surface area contributed by atoms with E-state index in [2.05, 4.69) is 28.6 Å². The minimum atomic E-state index is 0.307. The zero-order chi connectivity index (χ0) is 13.2. The van der Waals surface area contributed by atoms with Crippen molar-refractivity contribution in [1.82, 2.24) is 14.8 Å². The third kappa shape index (κ3) is 2.54. The van der Waals surface area contributed by atoms with Gasteiger partial charge in [-0.1, -0.05) is 20.3 Å². The molecule has 0 aromatic carbocycles. The summed E-state index contributed by atoms with van der Waals surface area (Å²) in [5.74, 6) is 2.83. The molecule has 1 fully saturated rings. The lowest BCUT2D eigenvalue weighted by Crippen LogP contribution is -2.21. The molecule has 0 aliphatic heterocycles. The summed E-state index contributed by atoms with van der Waals surface area (Å²) < 4.78 is 7.31. The van der Waals surface area contributed by atoms with Crippen molar-refractivity contribution in [2.45, 2.75) is 51.5 Å². The second kappa shape index (κ2) is 5.57. The third-order valence-electron chi connectivity index (χ3n) is 4.06. The first-order chi connectivity index (χ1) is 8.60. The Balaban J connectivity index is 2.29. The number of nitrogens with zero attached hydrogens (tertiary/aromatic N) is 3. The Morgan fingerprint density at radius 1 is 1.44 bits per heavy atom. The zero-order valence-electron chi connectivity index (χ0n) is 11.4. The topological polar surface area (TPSA) is 39.9 Å². The number of alkyl halides is 1. The quantitative estimate of drug-likeness (QED) is 0.773. The molecular weight excluding hydrogens is 250 g/mol. The minimum absolute atomic E-state index is 0.307. The van der Waals surface area contributed by atoms with Crippen LogP contribution in [0.2, 0.25) is 0 Å². The summed E-state index contributed by atoms with van der Waals surface area (Å²) in [6.45, 7) is 6.09. The summed E-state index contributed by atoms with van der Waals surface area (Å²) in [6.07, 6.45) is 3.72. The van der Waals surface area contributed by atoms with Crippen LogP contribution in [0.25, 0.3) is 0 Å². The predicted octanol–water partition coefficient (Wildman–Crippen LogP) is 2.96. The molecule has 1 aromatic rings. The van der Waals surface area contributed by atoms with Gasteiger partial charge in [0.25, 0.3) is 0 Å². The van der Waals surface area contributed by atoms with E-state index in [1.807, 2.05) is 0 Å². The highest BCUT2D eigenvalue weighted by molar-refractivity contribution is 6.16. The number of methoxy groups -OCH3 is 1. The number of hydrogen-bond acceptors (Lipinski definition) is 3. The maximum absolute atomic E-state index is 5.94. The van der Waals surface area contributed by atoms with Crippen LogP contribution >= 0.6 is 11.6 Å². The van der Waals surface area contributed by atoms with Gasteiger partial charge in [-0.05, 0) is 18.3 Å². The van der Waals surface area contributed by atoms with Crippen LogP contribution in [-0.4, -0.2) is 28.5 Å². The van der Waals surface area contributed by atoms with E-state index < -0.39 is 0 Å². The first kappa shape index (κ1) is 13.8. The third-order valence-corrected chi connectivity index (χ3v) is 4.30. The van der Waals surface area contributed by atoms with Crippen molar-refractivity contribution in [3.63, 3.8) is 0 Å². The number of ether oxygens (including phenoxy) is 1. The van der Waals surface area contributed by atoms with Gasteiger partial charge in [-0.25, -0.2) is 0 Å². The summed E-state index contributed by atoms with van der Waals surface area (Å²) in [4.78, 5) is 0. The summed E-state index contributed by atoms with van der Waals surface area (Å²) in [7, 11) is 1.71. The molecule has 0 amide bonds. The van der Waals surface area contributed by atoms with Gasteiger partial charge in [0.2, 0.25) is 0 Å². The lowest BCUT2D eigenvalue weighted by atomic mass is 9.81. The van der Waals surface area contributed by atoms with Crippen molar-refractivity contribution in [1.29, 1.82) is 0 Å². The summed E-state index contributed by atoms with van der Waals surface area (Å²) >= 11 is 5.94. The van der Waals surface area contributed by atoms with Crippen LogP contribution in [0.1, 0.15) is 50.7 Å². The molecule has 5 heteroatoms. The molecule has 1 aromatic heterocycles. The minimum Gasteiger partial charge on any atom is -0.383 e. The Hall–Kier alpha value is -0.610. The Labute approximate surface area is 114 Å². The molecule has 0 saturated heterocycles. The van der Waals surface area contributed by atoms with E-state index in [9.17, 15) is 0 Å². The molecule has 0 spiro atoms. The van der Waals surface area contributed by atoms with Gasteiger partial charge in [0, 0.05) is 19.6 Å². The molecule has 0 bridgehead atoms. The molecule has 2 rings (SSSR count). The summed E-state index contributed by atoms with van der Waals surface area (Å²) in [5, 5.41) is 8.61.